The number of carbonyl (C=O) groups excluding carboxylic acids is 1. The number of ether oxygens (including phenoxy) is 2. The third kappa shape index (κ3) is 5.57. The summed E-state index contributed by atoms with van der Waals surface area (Å²) >= 11 is 12.9. The predicted octanol–water partition coefficient (Wildman–Crippen LogP) is 5.21. The summed E-state index contributed by atoms with van der Waals surface area (Å²) in [4.78, 5) is 30.0. The molecule has 1 aliphatic rings. The summed E-state index contributed by atoms with van der Waals surface area (Å²) in [5.74, 6) is -0.842. The molecule has 12 heteroatoms. The van der Waals surface area contributed by atoms with Gasteiger partial charge in [0, 0.05) is 15.6 Å². The number of carbonyl (C=O) groups is 1. The van der Waals surface area contributed by atoms with Crippen LogP contribution < -0.4 is 19.6 Å². The summed E-state index contributed by atoms with van der Waals surface area (Å²) in [7, 11) is 0. The van der Waals surface area contributed by atoms with Gasteiger partial charge in [-0.15, -0.1) is 0 Å². The van der Waals surface area contributed by atoms with Gasteiger partial charge in [-0.05, 0) is 48.9 Å². The second kappa shape index (κ2) is 11.2. The van der Waals surface area contributed by atoms with Gasteiger partial charge in [-0.3, -0.25) is 9.36 Å². The second-order valence-corrected chi connectivity index (χ2v) is 9.78. The Labute approximate surface area is 228 Å². The first-order valence-electron chi connectivity index (χ1n) is 11.1. The van der Waals surface area contributed by atoms with Crippen molar-refractivity contribution < 1.29 is 27.4 Å². The highest BCUT2D eigenvalue weighted by molar-refractivity contribution is 7.07. The van der Waals surface area contributed by atoms with Gasteiger partial charge in [-0.2, -0.15) is 13.2 Å². The molecule has 198 valence electrons. The number of nitrogens with zero attached hydrogens (tertiary/aromatic N) is 2. The smallest absolute Gasteiger partial charge is 0.434 e. The number of allylic oxidation sites excluding steroid dienone is 1. The molecule has 38 heavy (non-hydrogen) atoms. The third-order valence-electron chi connectivity index (χ3n) is 5.40. The topological polar surface area (TPSA) is 69.9 Å². The maximum Gasteiger partial charge on any atom is 0.434 e. The van der Waals surface area contributed by atoms with Crippen LogP contribution in [0.15, 0.2) is 76.2 Å². The lowest BCUT2D eigenvalue weighted by Crippen LogP contribution is -2.41. The number of thiazole rings is 1. The Balaban J connectivity index is 2.03. The molecule has 2 aromatic carbocycles. The van der Waals surface area contributed by atoms with Crippen molar-refractivity contribution in [3.8, 4) is 5.75 Å². The van der Waals surface area contributed by atoms with Gasteiger partial charge < -0.3 is 9.47 Å². The normalized spacial score (nSPS) is 15.6. The number of alkyl halides is 3. The Morgan fingerprint density at radius 3 is 2.50 bits per heavy atom. The van der Waals surface area contributed by atoms with Crippen molar-refractivity contribution >= 4 is 46.6 Å². The summed E-state index contributed by atoms with van der Waals surface area (Å²) in [6, 6.07) is 9.10. The van der Waals surface area contributed by atoms with Crippen LogP contribution in [0.2, 0.25) is 10.0 Å². The molecule has 0 spiro atoms. The van der Waals surface area contributed by atoms with Gasteiger partial charge >= 0.3 is 12.1 Å². The van der Waals surface area contributed by atoms with E-state index in [-0.39, 0.29) is 28.1 Å². The van der Waals surface area contributed by atoms with E-state index in [0.29, 0.717) is 21.4 Å². The fourth-order valence-corrected chi connectivity index (χ4v) is 5.15. The molecule has 0 saturated heterocycles. The van der Waals surface area contributed by atoms with Crippen molar-refractivity contribution in [3.05, 3.63) is 107 Å². The van der Waals surface area contributed by atoms with Crippen molar-refractivity contribution in [3.63, 3.8) is 0 Å². The lowest BCUT2D eigenvalue weighted by Gasteiger charge is -2.26. The minimum atomic E-state index is -5.00. The fraction of sp³-hybridized carbons (Fsp3) is 0.192. The van der Waals surface area contributed by atoms with Crippen LogP contribution in [0.25, 0.3) is 6.08 Å². The van der Waals surface area contributed by atoms with Crippen molar-refractivity contribution in [2.75, 3.05) is 13.2 Å². The van der Waals surface area contributed by atoms with Gasteiger partial charge in [0.05, 0.1) is 22.8 Å². The molecule has 0 saturated carbocycles. The molecule has 0 unspecified atom stereocenters. The number of hydrogen-bond acceptors (Lipinski definition) is 6. The molecule has 0 aliphatic carbocycles. The highest BCUT2D eigenvalue weighted by Crippen LogP contribution is 2.38. The standard InChI is InChI=1S/C26H19Cl2F3N2O4S/c1-3-11-37-18-10-9-17(28)12-15(18)13-19-23(34)33-21(14-5-7-16(27)8-6-14)20(24(35)36-4-2)22(26(29,30)31)32-25(33)38-19/h3,5-10,12-13,21H,1,4,11H2,2H3/b19-13-/t21-/m0/s1. The number of aromatic nitrogens is 1. The molecular weight excluding hydrogens is 564 g/mol. The van der Waals surface area contributed by atoms with Crippen LogP contribution in [0.1, 0.15) is 24.1 Å². The lowest BCUT2D eigenvalue weighted by molar-refractivity contribution is -0.140. The number of fused-ring (bicyclic) bond motifs is 1. The largest absolute Gasteiger partial charge is 0.489 e. The molecule has 3 aromatic rings. The average molecular weight is 583 g/mol. The van der Waals surface area contributed by atoms with Crippen molar-refractivity contribution in [2.45, 2.75) is 19.1 Å². The van der Waals surface area contributed by atoms with E-state index in [9.17, 15) is 22.8 Å². The molecule has 4 rings (SSSR count). The molecule has 6 nitrogen and oxygen atoms in total. The fourth-order valence-electron chi connectivity index (χ4n) is 3.85. The van der Waals surface area contributed by atoms with Gasteiger partial charge in [0.1, 0.15) is 12.4 Å². The number of halogens is 5. The lowest BCUT2D eigenvalue weighted by atomic mass is 9.95. The monoisotopic (exact) mass is 582 g/mol. The molecule has 0 N–H and O–H groups in total. The minimum Gasteiger partial charge on any atom is -0.489 e. The number of benzene rings is 2. The quantitative estimate of drug-likeness (QED) is 0.283. The molecule has 2 heterocycles. The molecule has 0 bridgehead atoms. The highest BCUT2D eigenvalue weighted by Gasteiger charge is 2.45. The Kier molecular flexibility index (Phi) is 8.15. The van der Waals surface area contributed by atoms with E-state index in [2.05, 4.69) is 11.6 Å². The van der Waals surface area contributed by atoms with E-state index in [0.717, 1.165) is 15.9 Å². The first-order valence-corrected chi connectivity index (χ1v) is 12.7. The van der Waals surface area contributed by atoms with E-state index >= 15 is 0 Å². The second-order valence-electron chi connectivity index (χ2n) is 7.90. The average Bonchev–Trinajstić information content (AvgIpc) is 3.17. The van der Waals surface area contributed by atoms with Crippen LogP contribution >= 0.6 is 34.5 Å². The minimum absolute atomic E-state index is 0.0556. The van der Waals surface area contributed by atoms with Crippen LogP contribution in [0.4, 0.5) is 13.2 Å². The summed E-state index contributed by atoms with van der Waals surface area (Å²) < 4.78 is 54.3. The van der Waals surface area contributed by atoms with Gasteiger partial charge in [0.25, 0.3) is 5.56 Å². The van der Waals surface area contributed by atoms with Gasteiger partial charge in [0.2, 0.25) is 0 Å². The zero-order chi connectivity index (χ0) is 27.6. The maximum absolute atomic E-state index is 14.2. The third-order valence-corrected chi connectivity index (χ3v) is 6.87. The SMILES string of the molecule is C=CCOc1ccc(Cl)cc1/C=c1\sc2n(c1=O)[C@@H](c1ccc(Cl)cc1)C(C(=O)OCC)=C(C(F)(F)F)N=2. The number of rotatable bonds is 7. The van der Waals surface area contributed by atoms with Gasteiger partial charge in [-0.1, -0.05) is 59.3 Å². The van der Waals surface area contributed by atoms with E-state index < -0.39 is 35.0 Å². The Hall–Kier alpha value is -3.34. The molecule has 1 aromatic heterocycles. The first kappa shape index (κ1) is 27.7. The summed E-state index contributed by atoms with van der Waals surface area (Å²) in [5.41, 5.74) is -2.24. The zero-order valence-corrected chi connectivity index (χ0v) is 22.0. The van der Waals surface area contributed by atoms with Crippen LogP contribution in [-0.4, -0.2) is 29.9 Å². The number of esters is 1. The van der Waals surface area contributed by atoms with Crippen molar-refractivity contribution in [1.82, 2.24) is 4.57 Å². The van der Waals surface area contributed by atoms with E-state index in [1.165, 1.54) is 43.3 Å². The van der Waals surface area contributed by atoms with Crippen LogP contribution in [-0.2, 0) is 9.53 Å². The van der Waals surface area contributed by atoms with Gasteiger partial charge in [0.15, 0.2) is 10.5 Å². The van der Waals surface area contributed by atoms with Crippen molar-refractivity contribution in [2.24, 2.45) is 4.99 Å². The molecule has 0 radical (unpaired) electrons. The zero-order valence-electron chi connectivity index (χ0n) is 19.7. The van der Waals surface area contributed by atoms with Crippen LogP contribution in [0, 0.1) is 0 Å². The van der Waals surface area contributed by atoms with E-state index in [1.807, 2.05) is 0 Å². The van der Waals surface area contributed by atoms with E-state index in [1.54, 1.807) is 18.2 Å². The predicted molar refractivity (Wildman–Crippen MR) is 139 cm³/mol. The van der Waals surface area contributed by atoms with Crippen LogP contribution in [0.5, 0.6) is 5.75 Å². The molecule has 1 atom stereocenters. The van der Waals surface area contributed by atoms with Crippen molar-refractivity contribution in [1.29, 1.82) is 0 Å². The summed E-state index contributed by atoms with van der Waals surface area (Å²) in [6.07, 6.45) is -2.01. The van der Waals surface area contributed by atoms with E-state index in [4.69, 9.17) is 32.7 Å². The number of hydrogen-bond donors (Lipinski definition) is 0. The molecule has 1 aliphatic heterocycles. The maximum atomic E-state index is 14.2. The molecular formula is C26H19Cl2F3N2O4S. The Bertz CT molecular complexity index is 1610. The Morgan fingerprint density at radius 1 is 1.18 bits per heavy atom. The Morgan fingerprint density at radius 2 is 1.87 bits per heavy atom. The summed E-state index contributed by atoms with van der Waals surface area (Å²) in [5, 5.41) is 0.685. The first-order chi connectivity index (χ1) is 18.0. The molecule has 0 fully saturated rings. The summed E-state index contributed by atoms with van der Waals surface area (Å²) in [6.45, 7) is 5.07. The van der Waals surface area contributed by atoms with Crippen LogP contribution in [0.3, 0.4) is 0 Å². The molecule has 0 amide bonds. The van der Waals surface area contributed by atoms with Gasteiger partial charge in [-0.25, -0.2) is 9.79 Å². The highest BCUT2D eigenvalue weighted by atomic mass is 35.5.